The molecule has 1 heterocycles. The number of aliphatic carboxylic acids is 1. The Balaban J connectivity index is 2.10. The van der Waals surface area contributed by atoms with Crippen molar-refractivity contribution in [1.29, 1.82) is 0 Å². The average Bonchev–Trinajstić information content (AvgIpc) is 2.87. The molecule has 0 aliphatic carbocycles. The fourth-order valence-corrected chi connectivity index (χ4v) is 2.02. The number of hydrogen-bond acceptors (Lipinski definition) is 5. The number of benzene rings is 1. The lowest BCUT2D eigenvalue weighted by atomic mass is 9.97. The van der Waals surface area contributed by atoms with Crippen LogP contribution in [0.25, 0.3) is 0 Å². The van der Waals surface area contributed by atoms with Gasteiger partial charge in [-0.25, -0.2) is 4.79 Å². The lowest BCUT2D eigenvalue weighted by molar-refractivity contribution is -0.139. The van der Waals surface area contributed by atoms with Crippen molar-refractivity contribution in [3.05, 3.63) is 35.4 Å². The molecule has 7 heteroatoms. The van der Waals surface area contributed by atoms with E-state index in [2.05, 4.69) is 5.16 Å². The lowest BCUT2D eigenvalue weighted by Crippen LogP contribution is -2.34. The monoisotopic (exact) mass is 278 g/mol. The predicted molar refractivity (Wildman–Crippen MR) is 69.7 cm³/mol. The SMILES string of the molecule is N[C@@H](C[C@H]1CC(c2ccccc2C(=O)O)=NO1)C(=O)O. The third-order valence-corrected chi connectivity index (χ3v) is 3.04. The molecule has 7 nitrogen and oxygen atoms in total. The van der Waals surface area contributed by atoms with Crippen LogP contribution in [0.1, 0.15) is 28.8 Å². The second-order valence-corrected chi connectivity index (χ2v) is 4.50. The first-order valence-corrected chi connectivity index (χ1v) is 6.03. The Morgan fingerprint density at radius 3 is 2.75 bits per heavy atom. The number of carboxylic acid groups (broad SMARTS) is 2. The van der Waals surface area contributed by atoms with Crippen LogP contribution < -0.4 is 5.73 Å². The standard InChI is InChI=1S/C13H14N2O5/c14-10(13(18)19)5-7-6-11(15-20-7)8-3-1-2-4-9(8)12(16)17/h1-4,7,10H,5-6,14H2,(H,16,17)(H,18,19)/t7-,10-/m0/s1. The van der Waals surface area contributed by atoms with Gasteiger partial charge in [-0.1, -0.05) is 23.4 Å². The summed E-state index contributed by atoms with van der Waals surface area (Å²) in [7, 11) is 0. The molecule has 0 saturated heterocycles. The van der Waals surface area contributed by atoms with Crippen LogP contribution in [0.2, 0.25) is 0 Å². The van der Waals surface area contributed by atoms with Crippen molar-refractivity contribution in [3.8, 4) is 0 Å². The number of rotatable bonds is 5. The van der Waals surface area contributed by atoms with Crippen molar-refractivity contribution in [2.75, 3.05) is 0 Å². The van der Waals surface area contributed by atoms with Crippen LogP contribution >= 0.6 is 0 Å². The second-order valence-electron chi connectivity index (χ2n) is 4.50. The summed E-state index contributed by atoms with van der Waals surface area (Å²) in [6.45, 7) is 0. The normalized spacial score (nSPS) is 19.1. The van der Waals surface area contributed by atoms with Crippen LogP contribution in [0.15, 0.2) is 29.4 Å². The van der Waals surface area contributed by atoms with Crippen LogP contribution in [0.5, 0.6) is 0 Å². The van der Waals surface area contributed by atoms with Gasteiger partial charge in [-0.15, -0.1) is 0 Å². The Morgan fingerprint density at radius 2 is 2.10 bits per heavy atom. The van der Waals surface area contributed by atoms with E-state index in [1.807, 2.05) is 0 Å². The Bertz CT molecular complexity index is 570. The van der Waals surface area contributed by atoms with Crippen molar-refractivity contribution in [3.63, 3.8) is 0 Å². The minimum absolute atomic E-state index is 0.123. The van der Waals surface area contributed by atoms with Gasteiger partial charge in [0.25, 0.3) is 0 Å². The maximum atomic E-state index is 11.1. The van der Waals surface area contributed by atoms with Crippen LogP contribution in [-0.4, -0.2) is 40.0 Å². The maximum Gasteiger partial charge on any atom is 0.336 e. The molecule has 4 N–H and O–H groups in total. The molecule has 20 heavy (non-hydrogen) atoms. The molecule has 2 rings (SSSR count). The van der Waals surface area contributed by atoms with Gasteiger partial charge in [-0.2, -0.15) is 0 Å². The molecule has 1 aliphatic rings. The van der Waals surface area contributed by atoms with E-state index in [1.54, 1.807) is 18.2 Å². The quantitative estimate of drug-likeness (QED) is 0.728. The van der Waals surface area contributed by atoms with Crippen LogP contribution in [0, 0.1) is 0 Å². The molecule has 0 saturated carbocycles. The van der Waals surface area contributed by atoms with E-state index in [0.29, 0.717) is 17.7 Å². The first-order valence-electron chi connectivity index (χ1n) is 6.03. The summed E-state index contributed by atoms with van der Waals surface area (Å²) in [5.74, 6) is -2.15. The topological polar surface area (TPSA) is 122 Å². The Labute approximate surface area is 114 Å². The van der Waals surface area contributed by atoms with Crippen LogP contribution in [-0.2, 0) is 9.63 Å². The smallest absolute Gasteiger partial charge is 0.336 e. The summed E-state index contributed by atoms with van der Waals surface area (Å²) in [5.41, 5.74) is 6.54. The number of carboxylic acids is 2. The van der Waals surface area contributed by atoms with Crippen molar-refractivity contribution < 1.29 is 24.6 Å². The van der Waals surface area contributed by atoms with E-state index in [0.717, 1.165) is 0 Å². The zero-order valence-electron chi connectivity index (χ0n) is 10.5. The number of nitrogens with zero attached hydrogens (tertiary/aromatic N) is 1. The average molecular weight is 278 g/mol. The van der Waals surface area contributed by atoms with Crippen molar-refractivity contribution in [1.82, 2.24) is 0 Å². The molecule has 0 aromatic heterocycles. The first kappa shape index (κ1) is 14.0. The maximum absolute atomic E-state index is 11.1. The molecular weight excluding hydrogens is 264 g/mol. The van der Waals surface area contributed by atoms with Crippen molar-refractivity contribution >= 4 is 17.7 Å². The molecule has 0 radical (unpaired) electrons. The minimum atomic E-state index is -1.10. The highest BCUT2D eigenvalue weighted by Crippen LogP contribution is 2.22. The Morgan fingerprint density at radius 1 is 1.40 bits per heavy atom. The lowest BCUT2D eigenvalue weighted by Gasteiger charge is -2.11. The second kappa shape index (κ2) is 5.70. The minimum Gasteiger partial charge on any atom is -0.480 e. The van der Waals surface area contributed by atoms with Gasteiger partial charge in [0.15, 0.2) is 0 Å². The summed E-state index contributed by atoms with van der Waals surface area (Å²) in [4.78, 5) is 26.9. The number of oxime groups is 1. The van der Waals surface area contributed by atoms with Gasteiger partial charge in [0, 0.05) is 18.4 Å². The molecule has 1 aromatic rings. The predicted octanol–water partition coefficient (Wildman–Crippen LogP) is 0.680. The van der Waals surface area contributed by atoms with Crippen molar-refractivity contribution in [2.24, 2.45) is 10.9 Å². The molecular formula is C13H14N2O5. The van der Waals surface area contributed by atoms with E-state index in [-0.39, 0.29) is 12.0 Å². The van der Waals surface area contributed by atoms with Gasteiger partial charge in [-0.05, 0) is 6.07 Å². The zero-order chi connectivity index (χ0) is 14.7. The Hall–Kier alpha value is -2.41. The third-order valence-electron chi connectivity index (χ3n) is 3.04. The highest BCUT2D eigenvalue weighted by molar-refractivity contribution is 6.08. The molecule has 0 spiro atoms. The summed E-state index contributed by atoms with van der Waals surface area (Å²) in [6, 6.07) is 5.44. The number of carbonyl (C=O) groups is 2. The Kier molecular flexibility index (Phi) is 3.99. The fraction of sp³-hybridized carbons (Fsp3) is 0.308. The van der Waals surface area contributed by atoms with Crippen LogP contribution in [0.4, 0.5) is 0 Å². The molecule has 1 aromatic carbocycles. The van der Waals surface area contributed by atoms with Gasteiger partial charge < -0.3 is 20.8 Å². The van der Waals surface area contributed by atoms with Gasteiger partial charge in [0.05, 0.1) is 11.3 Å². The van der Waals surface area contributed by atoms with E-state index in [1.165, 1.54) is 6.07 Å². The fourth-order valence-electron chi connectivity index (χ4n) is 2.02. The van der Waals surface area contributed by atoms with Crippen molar-refractivity contribution in [2.45, 2.75) is 25.0 Å². The van der Waals surface area contributed by atoms with E-state index < -0.39 is 24.1 Å². The summed E-state index contributed by atoms with van der Waals surface area (Å²) < 4.78 is 0. The molecule has 1 aliphatic heterocycles. The van der Waals surface area contributed by atoms with Crippen LogP contribution in [0.3, 0.4) is 0 Å². The molecule has 106 valence electrons. The highest BCUT2D eigenvalue weighted by atomic mass is 16.6. The van der Waals surface area contributed by atoms with E-state index in [4.69, 9.17) is 20.8 Å². The molecule has 0 amide bonds. The molecule has 2 atom stereocenters. The third kappa shape index (κ3) is 2.94. The number of hydrogen-bond donors (Lipinski definition) is 3. The highest BCUT2D eigenvalue weighted by Gasteiger charge is 2.28. The van der Waals surface area contributed by atoms with Gasteiger partial charge in [0.2, 0.25) is 0 Å². The number of aromatic carboxylic acids is 1. The first-order chi connectivity index (χ1) is 9.49. The van der Waals surface area contributed by atoms with E-state index in [9.17, 15) is 9.59 Å². The summed E-state index contributed by atoms with van der Waals surface area (Å²) >= 11 is 0. The summed E-state index contributed by atoms with van der Waals surface area (Å²) in [6.07, 6.45) is 0.0148. The molecule has 0 bridgehead atoms. The van der Waals surface area contributed by atoms with Gasteiger partial charge in [0.1, 0.15) is 12.1 Å². The number of nitrogens with two attached hydrogens (primary N) is 1. The zero-order valence-corrected chi connectivity index (χ0v) is 10.5. The van der Waals surface area contributed by atoms with Gasteiger partial charge in [-0.3, -0.25) is 4.79 Å². The summed E-state index contributed by atoms with van der Waals surface area (Å²) in [5, 5.41) is 21.7. The van der Waals surface area contributed by atoms with E-state index >= 15 is 0 Å². The largest absolute Gasteiger partial charge is 0.480 e. The van der Waals surface area contributed by atoms with Gasteiger partial charge >= 0.3 is 11.9 Å². The molecule has 0 unspecified atom stereocenters. The molecule has 0 fully saturated rings.